The number of rotatable bonds is 2. The molecule has 0 unspecified atom stereocenters. The minimum atomic E-state index is -0.279. The summed E-state index contributed by atoms with van der Waals surface area (Å²) >= 11 is 18.0. The van der Waals surface area contributed by atoms with Crippen LogP contribution in [-0.4, -0.2) is 22.4 Å². The molecule has 2 rings (SSSR count). The van der Waals surface area contributed by atoms with Crippen LogP contribution in [0.5, 0.6) is 0 Å². The Balaban J connectivity index is 2.72. The minimum absolute atomic E-state index is 0.275. The van der Waals surface area contributed by atoms with Gasteiger partial charge in [0.05, 0.1) is 21.4 Å². The van der Waals surface area contributed by atoms with Crippen molar-refractivity contribution in [3.63, 3.8) is 0 Å². The highest BCUT2D eigenvalue weighted by molar-refractivity contribution is 6.42. The monoisotopic (exact) mass is 317 g/mol. The van der Waals surface area contributed by atoms with Crippen molar-refractivity contribution in [2.75, 3.05) is 7.05 Å². The van der Waals surface area contributed by atoms with Crippen LogP contribution in [0.1, 0.15) is 5.69 Å². The Morgan fingerprint density at radius 2 is 1.89 bits per heavy atom. The Bertz CT molecular complexity index is 716. The molecule has 0 atom stereocenters. The zero-order chi connectivity index (χ0) is 14.2. The van der Waals surface area contributed by atoms with E-state index in [9.17, 15) is 4.79 Å². The van der Waals surface area contributed by atoms with Gasteiger partial charge in [-0.25, -0.2) is 4.79 Å². The second-order valence-corrected chi connectivity index (χ2v) is 5.01. The number of imidazole rings is 1. The van der Waals surface area contributed by atoms with Gasteiger partial charge in [0.25, 0.3) is 0 Å². The average molecular weight is 319 g/mol. The first kappa shape index (κ1) is 14.2. The number of aliphatic imine (C=N–C) groups is 1. The Labute approximate surface area is 124 Å². The van der Waals surface area contributed by atoms with Crippen LogP contribution in [0.15, 0.2) is 28.0 Å². The topological polar surface area (TPSA) is 39.3 Å². The first-order valence-corrected chi connectivity index (χ1v) is 6.45. The molecular formula is C12H10Cl3N3O. The van der Waals surface area contributed by atoms with Crippen LogP contribution in [0, 0.1) is 0 Å². The molecule has 0 fully saturated rings. The molecule has 4 nitrogen and oxygen atoms in total. The second kappa shape index (κ2) is 5.41. The van der Waals surface area contributed by atoms with E-state index < -0.39 is 0 Å². The molecule has 0 spiro atoms. The van der Waals surface area contributed by atoms with Gasteiger partial charge in [0.2, 0.25) is 0 Å². The number of aromatic nitrogens is 2. The molecule has 0 amide bonds. The largest absolute Gasteiger partial charge is 0.334 e. The van der Waals surface area contributed by atoms with Crippen molar-refractivity contribution in [3.8, 4) is 5.69 Å². The van der Waals surface area contributed by atoms with Crippen LogP contribution in [0.3, 0.4) is 0 Å². The van der Waals surface area contributed by atoms with E-state index in [4.69, 9.17) is 34.8 Å². The highest BCUT2D eigenvalue weighted by Crippen LogP contribution is 2.26. The Morgan fingerprint density at radius 3 is 2.47 bits per heavy atom. The smallest absolute Gasteiger partial charge is 0.294 e. The van der Waals surface area contributed by atoms with Gasteiger partial charge in [-0.05, 0) is 18.2 Å². The van der Waals surface area contributed by atoms with Crippen molar-refractivity contribution in [3.05, 3.63) is 49.6 Å². The fourth-order valence-electron chi connectivity index (χ4n) is 1.70. The molecular weight excluding hydrogens is 309 g/mol. The van der Waals surface area contributed by atoms with Crippen LogP contribution in [0.4, 0.5) is 0 Å². The summed E-state index contributed by atoms with van der Waals surface area (Å²) in [5.41, 5.74) is 0.800. The highest BCUT2D eigenvalue weighted by atomic mass is 35.5. The Kier molecular flexibility index (Phi) is 4.04. The molecule has 1 aromatic heterocycles. The van der Waals surface area contributed by atoms with Gasteiger partial charge in [0.1, 0.15) is 5.15 Å². The second-order valence-electron chi connectivity index (χ2n) is 3.84. The molecule has 0 saturated carbocycles. The van der Waals surface area contributed by atoms with Gasteiger partial charge in [-0.2, -0.15) is 0 Å². The normalized spacial score (nSPS) is 11.4. The summed E-state index contributed by atoms with van der Waals surface area (Å²) in [5, 5.41) is 1.05. The molecule has 2 aromatic rings. The number of halogens is 3. The molecule has 0 saturated heterocycles. The first-order valence-electron chi connectivity index (χ1n) is 5.32. The van der Waals surface area contributed by atoms with Crippen molar-refractivity contribution < 1.29 is 0 Å². The molecule has 0 aliphatic rings. The van der Waals surface area contributed by atoms with Crippen LogP contribution < -0.4 is 5.69 Å². The van der Waals surface area contributed by atoms with E-state index in [-0.39, 0.29) is 10.8 Å². The number of hydrogen-bond acceptors (Lipinski definition) is 2. The fourth-order valence-corrected chi connectivity index (χ4v) is 2.34. The van der Waals surface area contributed by atoms with Gasteiger partial charge >= 0.3 is 5.69 Å². The van der Waals surface area contributed by atoms with Gasteiger partial charge in [0.15, 0.2) is 0 Å². The summed E-state index contributed by atoms with van der Waals surface area (Å²) in [6, 6.07) is 4.88. The van der Waals surface area contributed by atoms with Crippen molar-refractivity contribution in [2.24, 2.45) is 12.0 Å². The molecule has 0 N–H and O–H groups in total. The number of benzene rings is 1. The summed E-state index contributed by atoms with van der Waals surface area (Å²) in [5.74, 6) is 0. The quantitative estimate of drug-likeness (QED) is 0.784. The van der Waals surface area contributed by atoms with Gasteiger partial charge in [-0.1, -0.05) is 34.8 Å². The van der Waals surface area contributed by atoms with Gasteiger partial charge < -0.3 is 0 Å². The molecule has 19 heavy (non-hydrogen) atoms. The van der Waals surface area contributed by atoms with Gasteiger partial charge in [-0.3, -0.25) is 14.1 Å². The molecule has 7 heteroatoms. The molecule has 100 valence electrons. The summed E-state index contributed by atoms with van der Waals surface area (Å²) < 4.78 is 2.76. The average Bonchev–Trinajstić information content (AvgIpc) is 2.58. The van der Waals surface area contributed by atoms with E-state index in [2.05, 4.69) is 4.99 Å². The van der Waals surface area contributed by atoms with E-state index in [1.807, 2.05) is 0 Å². The van der Waals surface area contributed by atoms with Crippen LogP contribution in [0.2, 0.25) is 15.2 Å². The third-order valence-corrected chi connectivity index (χ3v) is 3.76. The standard InChI is InChI=1S/C12H10Cl3N3O/c1-16-6-10-11(15)18(12(19)17(10)2)7-3-4-8(13)9(14)5-7/h3-6H,1-2H3/b16-6-. The maximum Gasteiger partial charge on any atom is 0.334 e. The zero-order valence-corrected chi connectivity index (χ0v) is 12.5. The lowest BCUT2D eigenvalue weighted by atomic mass is 10.3. The molecule has 0 aliphatic heterocycles. The zero-order valence-electron chi connectivity index (χ0n) is 10.2. The number of nitrogens with zero attached hydrogens (tertiary/aromatic N) is 3. The third-order valence-electron chi connectivity index (χ3n) is 2.66. The van der Waals surface area contributed by atoms with Crippen molar-refractivity contribution in [1.82, 2.24) is 9.13 Å². The van der Waals surface area contributed by atoms with Gasteiger partial charge in [0, 0.05) is 20.3 Å². The molecule has 1 heterocycles. The first-order chi connectivity index (χ1) is 8.97. The van der Waals surface area contributed by atoms with Crippen molar-refractivity contribution in [2.45, 2.75) is 0 Å². The molecule has 0 radical (unpaired) electrons. The minimum Gasteiger partial charge on any atom is -0.294 e. The fraction of sp³-hybridized carbons (Fsp3) is 0.167. The molecule has 1 aromatic carbocycles. The Hall–Kier alpha value is -1.23. The lowest BCUT2D eigenvalue weighted by molar-refractivity contribution is 0.820. The van der Waals surface area contributed by atoms with E-state index in [0.717, 1.165) is 0 Å². The Morgan fingerprint density at radius 1 is 1.21 bits per heavy atom. The summed E-state index contributed by atoms with van der Waals surface area (Å²) in [6.45, 7) is 0. The van der Waals surface area contributed by atoms with E-state index in [0.29, 0.717) is 21.4 Å². The maximum absolute atomic E-state index is 12.2. The molecule has 0 bridgehead atoms. The van der Waals surface area contributed by atoms with Crippen LogP contribution >= 0.6 is 34.8 Å². The van der Waals surface area contributed by atoms with Crippen LogP contribution in [0.25, 0.3) is 5.69 Å². The summed E-state index contributed by atoms with van der Waals surface area (Å²) in [6.07, 6.45) is 1.53. The van der Waals surface area contributed by atoms with Crippen molar-refractivity contribution in [1.29, 1.82) is 0 Å². The predicted molar refractivity (Wildman–Crippen MR) is 79.6 cm³/mol. The molecule has 0 aliphatic carbocycles. The predicted octanol–water partition coefficient (Wildman–Crippen LogP) is 3.18. The van der Waals surface area contributed by atoms with Gasteiger partial charge in [-0.15, -0.1) is 0 Å². The lowest BCUT2D eigenvalue weighted by Crippen LogP contribution is -2.21. The summed E-state index contributed by atoms with van der Waals surface area (Å²) in [7, 11) is 3.23. The van der Waals surface area contributed by atoms with Crippen molar-refractivity contribution >= 4 is 41.0 Å². The number of hydrogen-bond donors (Lipinski definition) is 0. The maximum atomic E-state index is 12.2. The SMILES string of the molecule is C/N=C\c1c(Cl)n(-c2ccc(Cl)c(Cl)c2)c(=O)n1C. The van der Waals surface area contributed by atoms with E-state index >= 15 is 0 Å². The summed E-state index contributed by atoms with van der Waals surface area (Å²) in [4.78, 5) is 16.1. The van der Waals surface area contributed by atoms with E-state index in [1.54, 1.807) is 32.3 Å². The van der Waals surface area contributed by atoms with Crippen LogP contribution in [-0.2, 0) is 7.05 Å². The lowest BCUT2D eigenvalue weighted by Gasteiger charge is -2.04. The van der Waals surface area contributed by atoms with E-state index in [1.165, 1.54) is 15.3 Å². The third kappa shape index (κ3) is 2.43. The highest BCUT2D eigenvalue weighted by Gasteiger charge is 2.16.